The summed E-state index contributed by atoms with van der Waals surface area (Å²) in [5.74, 6) is -0.743. The van der Waals surface area contributed by atoms with Gasteiger partial charge in [0.2, 0.25) is 0 Å². The van der Waals surface area contributed by atoms with E-state index in [1.165, 1.54) is 11.3 Å². The first-order valence-corrected chi connectivity index (χ1v) is 6.57. The molecule has 6 heteroatoms. The van der Waals surface area contributed by atoms with Crippen LogP contribution < -0.4 is 11.1 Å². The van der Waals surface area contributed by atoms with Crippen molar-refractivity contribution >= 4 is 23.2 Å². The Morgan fingerprint density at radius 2 is 2.00 bits per heavy atom. The van der Waals surface area contributed by atoms with E-state index in [0.717, 1.165) is 0 Å². The topological polar surface area (TPSA) is 85.1 Å². The van der Waals surface area contributed by atoms with Crippen molar-refractivity contribution in [1.82, 2.24) is 10.3 Å². The molecule has 3 N–H and O–H groups in total. The molecule has 19 heavy (non-hydrogen) atoms. The van der Waals surface area contributed by atoms with Gasteiger partial charge >= 0.3 is 0 Å². The van der Waals surface area contributed by atoms with Crippen molar-refractivity contribution in [1.29, 1.82) is 0 Å². The van der Waals surface area contributed by atoms with Gasteiger partial charge in [0.05, 0.1) is 6.04 Å². The first-order valence-electron chi connectivity index (χ1n) is 5.69. The Morgan fingerprint density at radius 3 is 2.58 bits per heavy atom. The fourth-order valence-electron chi connectivity index (χ4n) is 1.53. The van der Waals surface area contributed by atoms with E-state index in [2.05, 4.69) is 10.3 Å². The van der Waals surface area contributed by atoms with E-state index in [0.29, 0.717) is 10.6 Å². The maximum absolute atomic E-state index is 11.9. The summed E-state index contributed by atoms with van der Waals surface area (Å²) in [7, 11) is 0. The minimum Gasteiger partial charge on any atom is -0.364 e. The number of amides is 2. The highest BCUT2D eigenvalue weighted by atomic mass is 32.1. The number of nitrogens with two attached hydrogens (primary N) is 1. The molecule has 0 saturated heterocycles. The second kappa shape index (κ2) is 5.62. The Bertz CT molecular complexity index is 595. The first kappa shape index (κ1) is 13.2. The fourth-order valence-corrected chi connectivity index (χ4v) is 2.35. The molecule has 2 aromatic rings. The van der Waals surface area contributed by atoms with Crippen LogP contribution in [0.25, 0.3) is 0 Å². The Balaban J connectivity index is 2.06. The predicted octanol–water partition coefficient (Wildman–Crippen LogP) is 1.73. The third kappa shape index (κ3) is 3.17. The average molecular weight is 275 g/mol. The largest absolute Gasteiger partial charge is 0.364 e. The average Bonchev–Trinajstić information content (AvgIpc) is 2.89. The third-order valence-electron chi connectivity index (χ3n) is 2.53. The second-order valence-electron chi connectivity index (χ2n) is 4.00. The summed E-state index contributed by atoms with van der Waals surface area (Å²) >= 11 is 1.30. The molecule has 1 aromatic carbocycles. The van der Waals surface area contributed by atoms with Crippen LogP contribution in [0, 0.1) is 0 Å². The molecule has 0 fully saturated rings. The molecule has 1 heterocycles. The van der Waals surface area contributed by atoms with Gasteiger partial charge in [0.15, 0.2) is 0 Å². The predicted molar refractivity (Wildman–Crippen MR) is 73.0 cm³/mol. The molecule has 1 atom stereocenters. The number of thiazole rings is 1. The van der Waals surface area contributed by atoms with Gasteiger partial charge in [-0.15, -0.1) is 11.3 Å². The summed E-state index contributed by atoms with van der Waals surface area (Å²) in [6.07, 6.45) is 0. The van der Waals surface area contributed by atoms with Crippen molar-refractivity contribution < 1.29 is 9.59 Å². The first-order chi connectivity index (χ1) is 9.08. The number of hydrogen-bond acceptors (Lipinski definition) is 4. The summed E-state index contributed by atoms with van der Waals surface area (Å²) in [6.45, 7) is 1.81. The smallest absolute Gasteiger partial charge is 0.268 e. The molecule has 0 bridgehead atoms. The summed E-state index contributed by atoms with van der Waals surface area (Å²) in [4.78, 5) is 27.0. The number of carbonyl (C=O) groups excluding carboxylic acids is 2. The van der Waals surface area contributed by atoms with Crippen LogP contribution in [0.1, 0.15) is 38.8 Å². The minimum atomic E-state index is -0.566. The number of hydrogen-bond donors (Lipinski definition) is 2. The highest BCUT2D eigenvalue weighted by molar-refractivity contribution is 7.09. The summed E-state index contributed by atoms with van der Waals surface area (Å²) in [5.41, 5.74) is 5.94. The maximum atomic E-state index is 11.9. The standard InChI is InChI=1S/C13H13N3O2S/c1-8(13-16-10(7-19-13)11(14)17)15-12(18)9-5-3-2-4-6-9/h2-8H,1H3,(H2,14,17)(H,15,18). The number of aromatic nitrogens is 1. The number of nitrogens with one attached hydrogen (secondary N) is 1. The van der Waals surface area contributed by atoms with Gasteiger partial charge < -0.3 is 11.1 Å². The van der Waals surface area contributed by atoms with Gasteiger partial charge in [0.25, 0.3) is 11.8 Å². The van der Waals surface area contributed by atoms with Crippen molar-refractivity contribution in [2.45, 2.75) is 13.0 Å². The lowest BCUT2D eigenvalue weighted by atomic mass is 10.2. The number of carbonyl (C=O) groups is 2. The molecule has 0 spiro atoms. The van der Waals surface area contributed by atoms with E-state index >= 15 is 0 Å². The molecular weight excluding hydrogens is 262 g/mol. The highest BCUT2D eigenvalue weighted by Crippen LogP contribution is 2.18. The van der Waals surface area contributed by atoms with E-state index in [1.54, 1.807) is 29.6 Å². The summed E-state index contributed by atoms with van der Waals surface area (Å²) in [6, 6.07) is 8.64. The van der Waals surface area contributed by atoms with Crippen molar-refractivity contribution in [3.05, 3.63) is 52.0 Å². The number of nitrogens with zero attached hydrogens (tertiary/aromatic N) is 1. The van der Waals surface area contributed by atoms with E-state index in [9.17, 15) is 9.59 Å². The lowest BCUT2D eigenvalue weighted by Gasteiger charge is -2.11. The van der Waals surface area contributed by atoms with Crippen molar-refractivity contribution in [3.63, 3.8) is 0 Å². The lowest BCUT2D eigenvalue weighted by Crippen LogP contribution is -2.26. The molecule has 5 nitrogen and oxygen atoms in total. The molecule has 2 amide bonds. The van der Waals surface area contributed by atoms with Crippen LogP contribution in [-0.2, 0) is 0 Å². The Morgan fingerprint density at radius 1 is 1.32 bits per heavy atom. The van der Waals surface area contributed by atoms with Gasteiger partial charge in [0, 0.05) is 10.9 Å². The zero-order valence-corrected chi connectivity index (χ0v) is 11.1. The van der Waals surface area contributed by atoms with Crippen LogP contribution in [0.15, 0.2) is 35.7 Å². The molecule has 0 aliphatic rings. The molecule has 2 rings (SSSR count). The van der Waals surface area contributed by atoms with Gasteiger partial charge in [0.1, 0.15) is 10.7 Å². The molecule has 0 radical (unpaired) electrons. The zero-order chi connectivity index (χ0) is 13.8. The van der Waals surface area contributed by atoms with Gasteiger partial charge in [-0.05, 0) is 19.1 Å². The lowest BCUT2D eigenvalue weighted by molar-refractivity contribution is 0.0939. The Labute approximate surface area is 114 Å². The third-order valence-corrected chi connectivity index (χ3v) is 3.56. The van der Waals surface area contributed by atoms with Gasteiger partial charge in [-0.1, -0.05) is 18.2 Å². The number of benzene rings is 1. The monoisotopic (exact) mass is 275 g/mol. The van der Waals surface area contributed by atoms with Crippen LogP contribution in [0.5, 0.6) is 0 Å². The maximum Gasteiger partial charge on any atom is 0.268 e. The molecule has 0 saturated carbocycles. The van der Waals surface area contributed by atoms with Crippen molar-refractivity contribution in [2.75, 3.05) is 0 Å². The normalized spacial score (nSPS) is 11.8. The quantitative estimate of drug-likeness (QED) is 0.891. The van der Waals surface area contributed by atoms with Crippen molar-refractivity contribution in [3.8, 4) is 0 Å². The van der Waals surface area contributed by atoms with Crippen molar-refractivity contribution in [2.24, 2.45) is 5.73 Å². The minimum absolute atomic E-state index is 0.177. The molecule has 0 aliphatic heterocycles. The van der Waals surface area contributed by atoms with E-state index < -0.39 is 5.91 Å². The summed E-state index contributed by atoms with van der Waals surface area (Å²) in [5, 5.41) is 5.06. The number of primary amides is 1. The Hall–Kier alpha value is -2.21. The van der Waals surface area contributed by atoms with Gasteiger partial charge in [-0.3, -0.25) is 9.59 Å². The van der Waals surface area contributed by atoms with E-state index in [1.807, 2.05) is 13.0 Å². The molecule has 98 valence electrons. The van der Waals surface area contributed by atoms with E-state index in [4.69, 9.17) is 5.73 Å². The fraction of sp³-hybridized carbons (Fsp3) is 0.154. The molecular formula is C13H13N3O2S. The van der Waals surface area contributed by atoms with Gasteiger partial charge in [-0.2, -0.15) is 0 Å². The number of rotatable bonds is 4. The second-order valence-corrected chi connectivity index (χ2v) is 4.89. The van der Waals surface area contributed by atoms with Crippen LogP contribution in [0.2, 0.25) is 0 Å². The Kier molecular flexibility index (Phi) is 3.91. The van der Waals surface area contributed by atoms with Crippen LogP contribution in [0.3, 0.4) is 0 Å². The van der Waals surface area contributed by atoms with Gasteiger partial charge in [-0.25, -0.2) is 4.98 Å². The highest BCUT2D eigenvalue weighted by Gasteiger charge is 2.15. The van der Waals surface area contributed by atoms with Crippen LogP contribution in [0.4, 0.5) is 0 Å². The molecule has 1 unspecified atom stereocenters. The van der Waals surface area contributed by atoms with E-state index in [-0.39, 0.29) is 17.6 Å². The van der Waals surface area contributed by atoms with Crippen LogP contribution in [-0.4, -0.2) is 16.8 Å². The zero-order valence-electron chi connectivity index (χ0n) is 10.3. The van der Waals surface area contributed by atoms with Crippen LogP contribution >= 0.6 is 11.3 Å². The molecule has 0 aliphatic carbocycles. The SMILES string of the molecule is CC(NC(=O)c1ccccc1)c1nc(C(N)=O)cs1. The summed E-state index contributed by atoms with van der Waals surface area (Å²) < 4.78 is 0. The molecule has 1 aromatic heterocycles.